The molecule has 1 aliphatic rings. The minimum Gasteiger partial charge on any atom is -0.492 e. The van der Waals surface area contributed by atoms with E-state index in [1.807, 2.05) is 0 Å². The van der Waals surface area contributed by atoms with E-state index in [-0.39, 0.29) is 24.0 Å². The van der Waals surface area contributed by atoms with Gasteiger partial charge in [-0.3, -0.25) is 4.79 Å². The number of hydrogen-bond acceptors (Lipinski definition) is 4. The van der Waals surface area contributed by atoms with Crippen molar-refractivity contribution < 1.29 is 22.3 Å². The maximum absolute atomic E-state index is 13.1. The van der Waals surface area contributed by atoms with Crippen LogP contribution >= 0.6 is 0 Å². The molecule has 2 aromatic rings. The summed E-state index contributed by atoms with van der Waals surface area (Å²) < 4.78 is 45.6. The van der Waals surface area contributed by atoms with Gasteiger partial charge >= 0.3 is 0 Å². The molecule has 1 aliphatic heterocycles. The van der Waals surface area contributed by atoms with E-state index in [0.29, 0.717) is 18.7 Å². The number of ether oxygens (including phenoxy) is 1. The fourth-order valence-electron chi connectivity index (χ4n) is 2.86. The van der Waals surface area contributed by atoms with E-state index < -0.39 is 15.8 Å². The van der Waals surface area contributed by atoms with Crippen LogP contribution in [0.25, 0.3) is 0 Å². The van der Waals surface area contributed by atoms with Gasteiger partial charge in [0.15, 0.2) is 0 Å². The monoisotopic (exact) mass is 378 g/mol. The van der Waals surface area contributed by atoms with Crippen molar-refractivity contribution in [2.24, 2.45) is 0 Å². The summed E-state index contributed by atoms with van der Waals surface area (Å²) in [4.78, 5) is 13.3. The number of sulfonamides is 1. The first kappa shape index (κ1) is 18.3. The molecule has 0 bridgehead atoms. The molecule has 0 unspecified atom stereocenters. The number of nitrogens with zero attached hydrogens (tertiary/aromatic N) is 1. The number of halogens is 1. The maximum Gasteiger partial charge on any atom is 0.240 e. The molecule has 6 nitrogen and oxygen atoms in total. The first-order valence-corrected chi connectivity index (χ1v) is 9.64. The number of benzene rings is 2. The van der Waals surface area contributed by atoms with Gasteiger partial charge in [0.25, 0.3) is 0 Å². The largest absolute Gasteiger partial charge is 0.492 e. The fraction of sp³-hybridized carbons (Fsp3) is 0.278. The third-order valence-electron chi connectivity index (χ3n) is 4.10. The van der Waals surface area contributed by atoms with Crippen molar-refractivity contribution in [1.29, 1.82) is 0 Å². The molecule has 138 valence electrons. The van der Waals surface area contributed by atoms with Gasteiger partial charge in [0.2, 0.25) is 15.9 Å². The van der Waals surface area contributed by atoms with Gasteiger partial charge < -0.3 is 9.64 Å². The quantitative estimate of drug-likeness (QED) is 0.781. The molecule has 0 aliphatic carbocycles. The maximum atomic E-state index is 13.1. The Morgan fingerprint density at radius 1 is 1.27 bits per heavy atom. The Morgan fingerprint density at radius 3 is 2.81 bits per heavy atom. The van der Waals surface area contributed by atoms with Crippen molar-refractivity contribution in [2.45, 2.75) is 18.2 Å². The summed E-state index contributed by atoms with van der Waals surface area (Å²) in [7, 11) is -3.69. The Balaban J connectivity index is 1.61. The van der Waals surface area contributed by atoms with Gasteiger partial charge in [-0.1, -0.05) is 6.07 Å². The van der Waals surface area contributed by atoms with Gasteiger partial charge in [-0.15, -0.1) is 0 Å². The second-order valence-electron chi connectivity index (χ2n) is 5.91. The Kier molecular flexibility index (Phi) is 5.24. The highest BCUT2D eigenvalue weighted by molar-refractivity contribution is 7.89. The highest BCUT2D eigenvalue weighted by atomic mass is 32.2. The molecule has 0 atom stereocenters. The minimum absolute atomic E-state index is 0.0511. The van der Waals surface area contributed by atoms with Gasteiger partial charge in [0.1, 0.15) is 18.2 Å². The number of anilines is 1. The lowest BCUT2D eigenvalue weighted by Gasteiger charge is -2.15. The lowest BCUT2D eigenvalue weighted by molar-refractivity contribution is -0.116. The predicted molar refractivity (Wildman–Crippen MR) is 95.3 cm³/mol. The zero-order valence-electron chi connectivity index (χ0n) is 14.2. The molecule has 1 heterocycles. The van der Waals surface area contributed by atoms with E-state index in [1.165, 1.54) is 31.2 Å². The summed E-state index contributed by atoms with van der Waals surface area (Å²) in [6, 6.07) is 10.4. The van der Waals surface area contributed by atoms with Gasteiger partial charge in [0, 0.05) is 31.8 Å². The predicted octanol–water partition coefficient (Wildman–Crippen LogP) is 2.09. The number of rotatable bonds is 6. The highest BCUT2D eigenvalue weighted by Crippen LogP contribution is 2.30. The van der Waals surface area contributed by atoms with Gasteiger partial charge in [-0.05, 0) is 42.3 Å². The number of carbonyl (C=O) groups is 1. The van der Waals surface area contributed by atoms with Crippen LogP contribution in [0, 0.1) is 5.82 Å². The van der Waals surface area contributed by atoms with Gasteiger partial charge in [0.05, 0.1) is 4.90 Å². The SMILES string of the molecule is CC(=O)N1CCc2cc(S(=O)(=O)NCCOc3cccc(F)c3)ccc21. The molecule has 1 N–H and O–H groups in total. The van der Waals surface area contributed by atoms with Crippen LogP contribution < -0.4 is 14.4 Å². The summed E-state index contributed by atoms with van der Waals surface area (Å²) >= 11 is 0. The third-order valence-corrected chi connectivity index (χ3v) is 5.55. The van der Waals surface area contributed by atoms with Gasteiger partial charge in [-0.25, -0.2) is 17.5 Å². The lowest BCUT2D eigenvalue weighted by Crippen LogP contribution is -2.28. The van der Waals surface area contributed by atoms with E-state index >= 15 is 0 Å². The molecular weight excluding hydrogens is 359 g/mol. The van der Waals surface area contributed by atoms with Crippen LogP contribution in [0.2, 0.25) is 0 Å². The molecule has 0 radical (unpaired) electrons. The van der Waals surface area contributed by atoms with Crippen LogP contribution in [0.5, 0.6) is 5.75 Å². The summed E-state index contributed by atoms with van der Waals surface area (Å²) in [6.45, 7) is 2.17. The number of nitrogens with one attached hydrogen (secondary N) is 1. The molecule has 26 heavy (non-hydrogen) atoms. The van der Waals surface area contributed by atoms with Gasteiger partial charge in [-0.2, -0.15) is 0 Å². The Bertz CT molecular complexity index is 931. The van der Waals surface area contributed by atoms with Crippen molar-refractivity contribution in [2.75, 3.05) is 24.6 Å². The van der Waals surface area contributed by atoms with Crippen LogP contribution in [-0.2, 0) is 21.2 Å². The van der Waals surface area contributed by atoms with Crippen LogP contribution in [0.15, 0.2) is 47.4 Å². The molecule has 2 aromatic carbocycles. The van der Waals surface area contributed by atoms with E-state index in [4.69, 9.17) is 4.74 Å². The summed E-state index contributed by atoms with van der Waals surface area (Å²) in [5.41, 5.74) is 1.59. The molecule has 0 aromatic heterocycles. The van der Waals surface area contributed by atoms with E-state index in [9.17, 15) is 17.6 Å². The molecule has 3 rings (SSSR count). The summed E-state index contributed by atoms with van der Waals surface area (Å²) in [6.07, 6.45) is 0.626. The summed E-state index contributed by atoms with van der Waals surface area (Å²) in [5.74, 6) is -0.140. The topological polar surface area (TPSA) is 75.7 Å². The highest BCUT2D eigenvalue weighted by Gasteiger charge is 2.24. The molecular formula is C18H19FN2O4S. The lowest BCUT2D eigenvalue weighted by atomic mass is 10.2. The van der Waals surface area contributed by atoms with Crippen LogP contribution in [0.3, 0.4) is 0 Å². The standard InChI is InChI=1S/C18H19FN2O4S/c1-13(22)21-9-7-14-11-17(5-6-18(14)21)26(23,24)20-8-10-25-16-4-2-3-15(19)12-16/h2-6,11-12,20H,7-10H2,1H3. The Morgan fingerprint density at radius 2 is 2.08 bits per heavy atom. The van der Waals surface area contributed by atoms with Crippen molar-refractivity contribution in [3.05, 3.63) is 53.8 Å². The van der Waals surface area contributed by atoms with Crippen LogP contribution in [0.1, 0.15) is 12.5 Å². The molecule has 0 fully saturated rings. The average molecular weight is 378 g/mol. The number of carbonyl (C=O) groups excluding carboxylic acids is 1. The molecule has 1 amide bonds. The van der Waals surface area contributed by atoms with E-state index in [2.05, 4.69) is 4.72 Å². The van der Waals surface area contributed by atoms with Crippen molar-refractivity contribution >= 4 is 21.6 Å². The van der Waals surface area contributed by atoms with Crippen LogP contribution in [0.4, 0.5) is 10.1 Å². The van der Waals surface area contributed by atoms with E-state index in [0.717, 1.165) is 11.3 Å². The minimum atomic E-state index is -3.69. The fourth-order valence-corrected chi connectivity index (χ4v) is 3.92. The van der Waals surface area contributed by atoms with E-state index in [1.54, 1.807) is 23.1 Å². The zero-order valence-corrected chi connectivity index (χ0v) is 15.1. The number of hydrogen-bond donors (Lipinski definition) is 1. The van der Waals surface area contributed by atoms with Crippen molar-refractivity contribution in [3.8, 4) is 5.75 Å². The summed E-state index contributed by atoms with van der Waals surface area (Å²) in [5, 5.41) is 0. The second-order valence-corrected chi connectivity index (χ2v) is 7.68. The second kappa shape index (κ2) is 7.43. The van der Waals surface area contributed by atoms with Crippen molar-refractivity contribution in [1.82, 2.24) is 4.72 Å². The number of fused-ring (bicyclic) bond motifs is 1. The zero-order chi connectivity index (χ0) is 18.7. The Hall–Kier alpha value is -2.45. The molecule has 0 spiro atoms. The normalized spacial score (nSPS) is 13.5. The third kappa shape index (κ3) is 4.03. The first-order chi connectivity index (χ1) is 12.4. The molecule has 0 saturated heterocycles. The molecule has 0 saturated carbocycles. The Labute approximate surface area is 151 Å². The smallest absolute Gasteiger partial charge is 0.240 e. The molecule has 8 heteroatoms. The van der Waals surface area contributed by atoms with Crippen LogP contribution in [-0.4, -0.2) is 34.0 Å². The first-order valence-electron chi connectivity index (χ1n) is 8.16. The van der Waals surface area contributed by atoms with Crippen molar-refractivity contribution in [3.63, 3.8) is 0 Å². The average Bonchev–Trinajstić information content (AvgIpc) is 3.02. The number of amides is 1.